The molecule has 0 saturated carbocycles. The van der Waals surface area contributed by atoms with Gasteiger partial charge in [-0.05, 0) is 48.4 Å². The van der Waals surface area contributed by atoms with Crippen LogP contribution in [0.15, 0.2) is 53.2 Å². The third kappa shape index (κ3) is 4.21. The van der Waals surface area contributed by atoms with Crippen LogP contribution in [0.4, 0.5) is 0 Å². The maximum atomic E-state index is 12.1. The van der Waals surface area contributed by atoms with E-state index in [0.29, 0.717) is 22.2 Å². The summed E-state index contributed by atoms with van der Waals surface area (Å²) in [6.45, 7) is 2.68. The average Bonchev–Trinajstić information content (AvgIpc) is 2.93. The fourth-order valence-electron chi connectivity index (χ4n) is 2.26. The highest BCUT2D eigenvalue weighted by Gasteiger charge is 2.25. The molecule has 0 N–H and O–H groups in total. The molecule has 0 fully saturated rings. The number of hydrogen-bond acceptors (Lipinski definition) is 4. The lowest BCUT2D eigenvalue weighted by molar-refractivity contribution is -0.129. The minimum Gasteiger partial charge on any atom is -0.494 e. The molecule has 0 atom stereocenters. The fourth-order valence-corrected chi connectivity index (χ4v) is 2.75. The molecule has 0 bridgehead atoms. The zero-order valence-electron chi connectivity index (χ0n) is 13.5. The van der Waals surface area contributed by atoms with E-state index < -0.39 is 5.97 Å². The van der Waals surface area contributed by atoms with Gasteiger partial charge in [-0.25, -0.2) is 9.79 Å². The maximum absolute atomic E-state index is 12.1. The molecule has 3 rings (SSSR count). The van der Waals surface area contributed by atoms with Crippen LogP contribution in [0.5, 0.6) is 5.75 Å². The second kappa shape index (κ2) is 7.72. The molecule has 2 aromatic carbocycles. The average molecular weight is 376 g/mol. The van der Waals surface area contributed by atoms with Crippen molar-refractivity contribution in [2.24, 2.45) is 4.99 Å². The van der Waals surface area contributed by atoms with Gasteiger partial charge in [0.2, 0.25) is 5.90 Å². The molecule has 0 spiro atoms. The number of rotatable bonds is 5. The van der Waals surface area contributed by atoms with E-state index in [4.69, 9.17) is 32.7 Å². The van der Waals surface area contributed by atoms with Crippen molar-refractivity contribution in [3.05, 3.63) is 69.3 Å². The van der Waals surface area contributed by atoms with Gasteiger partial charge < -0.3 is 9.47 Å². The standard InChI is InChI=1S/C19H15Cl2NO3/c1-2-8-24-14-5-3-4-12(9-14)10-17-19(23)25-18(22-17)15-7-6-13(20)11-16(15)21/h3-7,9-11H,2,8H2,1H3/b17-10-. The number of halogens is 2. The van der Waals surface area contributed by atoms with E-state index in [1.807, 2.05) is 31.2 Å². The van der Waals surface area contributed by atoms with Crippen LogP contribution in [-0.2, 0) is 9.53 Å². The molecule has 6 heteroatoms. The zero-order chi connectivity index (χ0) is 17.8. The van der Waals surface area contributed by atoms with Gasteiger partial charge in [0.05, 0.1) is 17.2 Å². The molecule has 128 valence electrons. The van der Waals surface area contributed by atoms with Crippen LogP contribution in [-0.4, -0.2) is 18.5 Å². The summed E-state index contributed by atoms with van der Waals surface area (Å²) in [6, 6.07) is 12.3. The molecule has 2 aromatic rings. The van der Waals surface area contributed by atoms with Crippen molar-refractivity contribution in [1.29, 1.82) is 0 Å². The molecule has 1 aliphatic rings. The van der Waals surface area contributed by atoms with Crippen molar-refractivity contribution in [2.45, 2.75) is 13.3 Å². The lowest BCUT2D eigenvalue weighted by atomic mass is 10.2. The lowest BCUT2D eigenvalue weighted by Crippen LogP contribution is -2.05. The normalized spacial score (nSPS) is 15.2. The van der Waals surface area contributed by atoms with Gasteiger partial charge in [-0.2, -0.15) is 0 Å². The first-order valence-corrected chi connectivity index (χ1v) is 8.53. The minimum absolute atomic E-state index is 0.163. The number of hydrogen-bond donors (Lipinski definition) is 0. The molecular formula is C19H15Cl2NO3. The van der Waals surface area contributed by atoms with Crippen LogP contribution in [0.2, 0.25) is 10.0 Å². The lowest BCUT2D eigenvalue weighted by Gasteiger charge is -2.04. The Bertz CT molecular complexity index is 875. The van der Waals surface area contributed by atoms with E-state index in [2.05, 4.69) is 4.99 Å². The van der Waals surface area contributed by atoms with E-state index in [1.54, 1.807) is 24.3 Å². The van der Waals surface area contributed by atoms with Crippen molar-refractivity contribution >= 4 is 41.1 Å². The largest absolute Gasteiger partial charge is 0.494 e. The Morgan fingerprint density at radius 3 is 2.80 bits per heavy atom. The van der Waals surface area contributed by atoms with Crippen LogP contribution in [0.3, 0.4) is 0 Å². The van der Waals surface area contributed by atoms with Gasteiger partial charge in [0.15, 0.2) is 5.70 Å². The molecule has 0 radical (unpaired) electrons. The number of benzene rings is 2. The fraction of sp³-hybridized carbons (Fsp3) is 0.158. The van der Waals surface area contributed by atoms with Crippen LogP contribution in [0.1, 0.15) is 24.5 Å². The first-order valence-electron chi connectivity index (χ1n) is 7.77. The number of cyclic esters (lactones) is 1. The number of ether oxygens (including phenoxy) is 2. The smallest absolute Gasteiger partial charge is 0.363 e. The van der Waals surface area contributed by atoms with Crippen LogP contribution >= 0.6 is 23.2 Å². The highest BCUT2D eigenvalue weighted by Crippen LogP contribution is 2.26. The SMILES string of the molecule is CCCOc1cccc(/C=C2\N=C(c3ccc(Cl)cc3Cl)OC2=O)c1. The highest BCUT2D eigenvalue weighted by molar-refractivity contribution is 6.37. The third-order valence-corrected chi connectivity index (χ3v) is 3.96. The quantitative estimate of drug-likeness (QED) is 0.537. The van der Waals surface area contributed by atoms with Crippen molar-refractivity contribution < 1.29 is 14.3 Å². The second-order valence-corrected chi connectivity index (χ2v) is 6.22. The summed E-state index contributed by atoms with van der Waals surface area (Å²) in [4.78, 5) is 16.3. The van der Waals surface area contributed by atoms with Crippen LogP contribution < -0.4 is 4.74 Å². The van der Waals surface area contributed by atoms with E-state index >= 15 is 0 Å². The summed E-state index contributed by atoms with van der Waals surface area (Å²) in [6.07, 6.45) is 2.57. The van der Waals surface area contributed by atoms with Gasteiger partial charge in [-0.3, -0.25) is 0 Å². The van der Waals surface area contributed by atoms with E-state index in [1.165, 1.54) is 0 Å². The summed E-state index contributed by atoms with van der Waals surface area (Å²) in [7, 11) is 0. The first-order chi connectivity index (χ1) is 12.1. The van der Waals surface area contributed by atoms with Gasteiger partial charge >= 0.3 is 5.97 Å². The minimum atomic E-state index is -0.527. The molecule has 25 heavy (non-hydrogen) atoms. The Morgan fingerprint density at radius 1 is 1.20 bits per heavy atom. The Labute approximate surface area is 155 Å². The number of carbonyl (C=O) groups excluding carboxylic acids is 1. The highest BCUT2D eigenvalue weighted by atomic mass is 35.5. The molecule has 0 unspecified atom stereocenters. The summed E-state index contributed by atoms with van der Waals surface area (Å²) in [5, 5.41) is 0.869. The number of aliphatic imine (C=N–C) groups is 1. The molecular weight excluding hydrogens is 361 g/mol. The molecule has 1 aliphatic heterocycles. The van der Waals surface area contributed by atoms with Gasteiger partial charge in [-0.15, -0.1) is 0 Å². The molecule has 0 amide bonds. The number of esters is 1. The Kier molecular flexibility index (Phi) is 5.41. The number of carbonyl (C=O) groups is 1. The van der Waals surface area contributed by atoms with Gasteiger partial charge in [-0.1, -0.05) is 42.3 Å². The van der Waals surface area contributed by atoms with Crippen LogP contribution in [0.25, 0.3) is 6.08 Å². The van der Waals surface area contributed by atoms with E-state index in [-0.39, 0.29) is 11.6 Å². The summed E-state index contributed by atoms with van der Waals surface area (Å²) in [5.41, 5.74) is 1.52. The summed E-state index contributed by atoms with van der Waals surface area (Å²) >= 11 is 12.0. The second-order valence-electron chi connectivity index (χ2n) is 5.38. The van der Waals surface area contributed by atoms with Gasteiger partial charge in [0, 0.05) is 5.02 Å². The van der Waals surface area contributed by atoms with Crippen molar-refractivity contribution in [2.75, 3.05) is 6.61 Å². The molecule has 0 saturated heterocycles. The Hall–Kier alpha value is -2.30. The van der Waals surface area contributed by atoms with Gasteiger partial charge in [0.1, 0.15) is 5.75 Å². The van der Waals surface area contributed by atoms with Gasteiger partial charge in [0.25, 0.3) is 0 Å². The van der Waals surface area contributed by atoms with E-state index in [0.717, 1.165) is 17.7 Å². The van der Waals surface area contributed by atoms with Crippen molar-refractivity contribution in [1.82, 2.24) is 0 Å². The monoisotopic (exact) mass is 375 g/mol. The predicted octanol–water partition coefficient (Wildman–Crippen LogP) is 5.13. The maximum Gasteiger partial charge on any atom is 0.363 e. The van der Waals surface area contributed by atoms with Crippen molar-refractivity contribution in [3.63, 3.8) is 0 Å². The third-order valence-electron chi connectivity index (χ3n) is 3.42. The summed E-state index contributed by atoms with van der Waals surface area (Å²) in [5.74, 6) is 0.379. The first kappa shape index (κ1) is 17.5. The van der Waals surface area contributed by atoms with E-state index in [9.17, 15) is 4.79 Å². The summed E-state index contributed by atoms with van der Waals surface area (Å²) < 4.78 is 10.8. The Balaban J connectivity index is 1.88. The molecule has 0 aliphatic carbocycles. The van der Waals surface area contributed by atoms with Crippen molar-refractivity contribution in [3.8, 4) is 5.75 Å². The topological polar surface area (TPSA) is 47.9 Å². The predicted molar refractivity (Wildman–Crippen MR) is 99.3 cm³/mol. The van der Waals surface area contributed by atoms with Crippen LogP contribution in [0, 0.1) is 0 Å². The molecule has 1 heterocycles. The zero-order valence-corrected chi connectivity index (χ0v) is 15.0. The Morgan fingerprint density at radius 2 is 2.04 bits per heavy atom. The number of nitrogens with zero attached hydrogens (tertiary/aromatic N) is 1. The molecule has 0 aromatic heterocycles. The molecule has 4 nitrogen and oxygen atoms in total.